The molecular formula is C18H25IN4O6. The third-order valence-corrected chi connectivity index (χ3v) is 4.50. The Balaban J connectivity index is 2.10. The van der Waals surface area contributed by atoms with Crippen molar-refractivity contribution >= 4 is 52.3 Å². The van der Waals surface area contributed by atoms with Crippen LogP contribution >= 0.6 is 22.6 Å². The van der Waals surface area contributed by atoms with E-state index >= 15 is 0 Å². The Morgan fingerprint density at radius 1 is 0.897 bits per heavy atom. The quantitative estimate of drug-likeness (QED) is 0.184. The van der Waals surface area contributed by atoms with E-state index in [0.717, 1.165) is 16.4 Å². The Kier molecular flexibility index (Phi) is 11.5. The lowest BCUT2D eigenvalue weighted by Crippen LogP contribution is -2.46. The number of benzene rings is 1. The van der Waals surface area contributed by atoms with Gasteiger partial charge in [-0.15, -0.1) is 0 Å². The molecule has 1 aromatic carbocycles. The fraction of sp³-hybridized carbons (Fsp3) is 0.444. The summed E-state index contributed by atoms with van der Waals surface area (Å²) in [4.78, 5) is 44.9. The van der Waals surface area contributed by atoms with E-state index < -0.39 is 24.0 Å². The minimum absolute atomic E-state index is 0.186. The largest absolute Gasteiger partial charge is 0.481 e. The highest BCUT2D eigenvalue weighted by molar-refractivity contribution is 14.1. The molecule has 1 atom stereocenters. The van der Waals surface area contributed by atoms with Gasteiger partial charge in [-0.25, -0.2) is 14.4 Å². The summed E-state index contributed by atoms with van der Waals surface area (Å²) in [6.07, 6.45) is 1.60. The number of unbranched alkanes of at least 4 members (excludes halogenated alkanes) is 2. The summed E-state index contributed by atoms with van der Waals surface area (Å²) in [7, 11) is 0. The molecule has 4 amide bonds. The number of hydrogen-bond donors (Lipinski definition) is 6. The summed E-state index contributed by atoms with van der Waals surface area (Å²) in [6.45, 7) is 0.824. The zero-order valence-corrected chi connectivity index (χ0v) is 17.9. The van der Waals surface area contributed by atoms with Crippen LogP contribution in [-0.2, 0) is 9.59 Å². The molecule has 0 bridgehead atoms. The van der Waals surface area contributed by atoms with Gasteiger partial charge in [0.2, 0.25) is 0 Å². The van der Waals surface area contributed by atoms with E-state index in [1.54, 1.807) is 0 Å². The molecule has 0 heterocycles. The lowest BCUT2D eigenvalue weighted by atomic mass is 10.1. The fourth-order valence-corrected chi connectivity index (χ4v) is 2.63. The first kappa shape index (κ1) is 24.5. The zero-order valence-electron chi connectivity index (χ0n) is 15.7. The van der Waals surface area contributed by atoms with Gasteiger partial charge in [-0.3, -0.25) is 4.79 Å². The van der Waals surface area contributed by atoms with Crippen LogP contribution < -0.4 is 21.3 Å². The third-order valence-electron chi connectivity index (χ3n) is 3.78. The Hall–Kier alpha value is -2.57. The van der Waals surface area contributed by atoms with Crippen molar-refractivity contribution in [3.05, 3.63) is 27.8 Å². The standard InChI is InChI=1S/C18H25IN4O6/c19-12-4-6-13(7-5-12)22-17(28)20-10-2-1-3-11-21-18(29)23-14(16(26)27)8-9-15(24)25/h4-7,14H,1-3,8-11H2,(H,24,25)(H,26,27)(H2,20,22,28)(H2,21,23,29)/t14-/m0/s1/i19-2. The van der Waals surface area contributed by atoms with Crippen molar-refractivity contribution in [2.75, 3.05) is 18.4 Å². The van der Waals surface area contributed by atoms with Gasteiger partial charge in [-0.1, -0.05) is 0 Å². The number of nitrogens with one attached hydrogen (secondary N) is 4. The maximum Gasteiger partial charge on any atom is 0.326 e. The molecule has 0 saturated heterocycles. The number of carbonyl (C=O) groups excluding carboxylic acids is 2. The predicted octanol–water partition coefficient (Wildman–Crippen LogP) is 2.20. The van der Waals surface area contributed by atoms with Crippen LogP contribution in [0.3, 0.4) is 0 Å². The second kappa shape index (κ2) is 13.6. The van der Waals surface area contributed by atoms with Crippen molar-refractivity contribution < 1.29 is 29.4 Å². The first-order chi connectivity index (χ1) is 13.8. The molecule has 0 aliphatic heterocycles. The van der Waals surface area contributed by atoms with Crippen LogP contribution in [0.4, 0.5) is 15.3 Å². The summed E-state index contributed by atoms with van der Waals surface area (Å²) in [5.74, 6) is -2.41. The predicted molar refractivity (Wildman–Crippen MR) is 115 cm³/mol. The lowest BCUT2D eigenvalue weighted by Gasteiger charge is -2.14. The molecule has 0 aliphatic carbocycles. The number of aliphatic carboxylic acids is 2. The molecule has 11 heteroatoms. The highest BCUT2D eigenvalue weighted by Crippen LogP contribution is 2.10. The van der Waals surface area contributed by atoms with Crippen LogP contribution in [0.5, 0.6) is 0 Å². The van der Waals surface area contributed by atoms with Crippen molar-refractivity contribution in [2.24, 2.45) is 0 Å². The average molecular weight is 518 g/mol. The Morgan fingerprint density at radius 3 is 2.03 bits per heavy atom. The van der Waals surface area contributed by atoms with E-state index in [0.29, 0.717) is 25.2 Å². The molecule has 0 spiro atoms. The minimum atomic E-state index is -1.28. The molecule has 0 fully saturated rings. The Labute approximate surface area is 182 Å². The summed E-state index contributed by atoms with van der Waals surface area (Å²) in [5, 5.41) is 27.8. The molecular weight excluding hydrogens is 493 g/mol. The number of amides is 4. The number of carbonyl (C=O) groups is 4. The van der Waals surface area contributed by atoms with E-state index in [9.17, 15) is 19.2 Å². The molecule has 0 aromatic heterocycles. The smallest absolute Gasteiger partial charge is 0.326 e. The van der Waals surface area contributed by atoms with E-state index in [-0.39, 0.29) is 18.9 Å². The van der Waals surface area contributed by atoms with Gasteiger partial charge in [-0.2, -0.15) is 0 Å². The molecule has 0 aliphatic rings. The van der Waals surface area contributed by atoms with Gasteiger partial charge in [0.1, 0.15) is 6.04 Å². The third kappa shape index (κ3) is 11.8. The van der Waals surface area contributed by atoms with Gasteiger partial charge in [-0.05, 0) is 72.5 Å². The normalized spacial score (nSPS) is 11.2. The number of urea groups is 2. The first-order valence-electron chi connectivity index (χ1n) is 9.07. The van der Waals surface area contributed by atoms with Crippen LogP contribution in [0.1, 0.15) is 32.1 Å². The van der Waals surface area contributed by atoms with Crippen molar-refractivity contribution in [3.63, 3.8) is 0 Å². The summed E-state index contributed by atoms with van der Waals surface area (Å²) in [6, 6.07) is 5.22. The number of carboxylic acid groups (broad SMARTS) is 2. The second-order valence-corrected chi connectivity index (χ2v) is 7.42. The van der Waals surface area contributed by atoms with Crippen LogP contribution in [-0.4, -0.2) is 53.3 Å². The average Bonchev–Trinajstić information content (AvgIpc) is 2.65. The molecule has 160 valence electrons. The van der Waals surface area contributed by atoms with Crippen molar-refractivity contribution in [3.8, 4) is 0 Å². The number of anilines is 1. The fourth-order valence-electron chi connectivity index (χ4n) is 2.27. The van der Waals surface area contributed by atoms with Crippen molar-refractivity contribution in [1.82, 2.24) is 16.0 Å². The SMILES string of the molecule is O=C(O)CC[C@H](NC(=O)NCCCCCNC(=O)Nc1ccc([125I])cc1)C(=O)O. The minimum Gasteiger partial charge on any atom is -0.481 e. The molecule has 0 unspecified atom stereocenters. The first-order valence-corrected chi connectivity index (χ1v) is 10.1. The van der Waals surface area contributed by atoms with Gasteiger partial charge in [0, 0.05) is 28.8 Å². The second-order valence-electron chi connectivity index (χ2n) is 6.17. The number of hydrogen-bond acceptors (Lipinski definition) is 4. The molecule has 0 radical (unpaired) electrons. The number of carboxylic acids is 2. The summed E-state index contributed by atoms with van der Waals surface area (Å²) >= 11 is 2.18. The lowest BCUT2D eigenvalue weighted by molar-refractivity contribution is -0.140. The number of halogens is 1. The van der Waals surface area contributed by atoms with E-state index in [4.69, 9.17) is 10.2 Å². The molecule has 1 rings (SSSR count). The number of rotatable bonds is 12. The van der Waals surface area contributed by atoms with Crippen LogP contribution in [0.2, 0.25) is 0 Å². The van der Waals surface area contributed by atoms with Crippen LogP contribution in [0, 0.1) is 3.57 Å². The van der Waals surface area contributed by atoms with Crippen LogP contribution in [0.25, 0.3) is 0 Å². The van der Waals surface area contributed by atoms with E-state index in [1.165, 1.54) is 0 Å². The molecule has 6 N–H and O–H groups in total. The zero-order chi connectivity index (χ0) is 21.6. The maximum atomic E-state index is 11.8. The molecule has 29 heavy (non-hydrogen) atoms. The Bertz CT molecular complexity index is 698. The van der Waals surface area contributed by atoms with Gasteiger partial charge in [0.15, 0.2) is 0 Å². The summed E-state index contributed by atoms with van der Waals surface area (Å²) < 4.78 is 1.08. The van der Waals surface area contributed by atoms with E-state index in [1.807, 2.05) is 24.3 Å². The topological polar surface area (TPSA) is 157 Å². The van der Waals surface area contributed by atoms with Gasteiger partial charge in [0.05, 0.1) is 0 Å². The summed E-state index contributed by atoms with van der Waals surface area (Å²) in [5.41, 5.74) is 0.709. The van der Waals surface area contributed by atoms with Gasteiger partial charge < -0.3 is 31.5 Å². The molecule has 1 aromatic rings. The maximum absolute atomic E-state index is 11.8. The Morgan fingerprint density at radius 2 is 1.48 bits per heavy atom. The van der Waals surface area contributed by atoms with Crippen molar-refractivity contribution in [2.45, 2.75) is 38.1 Å². The molecule has 10 nitrogen and oxygen atoms in total. The van der Waals surface area contributed by atoms with E-state index in [2.05, 4.69) is 43.9 Å². The van der Waals surface area contributed by atoms with Crippen molar-refractivity contribution in [1.29, 1.82) is 0 Å². The van der Waals surface area contributed by atoms with Crippen LogP contribution in [0.15, 0.2) is 24.3 Å². The molecule has 0 saturated carbocycles. The monoisotopic (exact) mass is 518 g/mol. The van der Waals surface area contributed by atoms with Gasteiger partial charge >= 0.3 is 24.0 Å². The highest BCUT2D eigenvalue weighted by Gasteiger charge is 2.20. The van der Waals surface area contributed by atoms with Gasteiger partial charge in [0.25, 0.3) is 0 Å². The highest BCUT2D eigenvalue weighted by atomic mass is 125.